The molecule has 2 N–H and O–H groups in total. The van der Waals surface area contributed by atoms with E-state index in [-0.39, 0.29) is 17.3 Å². The molecule has 2 heterocycles. The second kappa shape index (κ2) is 8.49. The fraction of sp³-hybridized carbons (Fsp3) is 0.273. The number of benzene rings is 2. The van der Waals surface area contributed by atoms with Crippen molar-refractivity contribution >= 4 is 28.1 Å². The van der Waals surface area contributed by atoms with Crippen molar-refractivity contribution in [1.82, 2.24) is 4.98 Å². The molecule has 8 heteroatoms. The van der Waals surface area contributed by atoms with Gasteiger partial charge >= 0.3 is 0 Å². The predicted octanol–water partition coefficient (Wildman–Crippen LogP) is 3.98. The monoisotopic (exact) mass is 431 g/mol. The van der Waals surface area contributed by atoms with E-state index in [4.69, 9.17) is 0 Å². The maximum Gasteiger partial charge on any atom is 0.235 e. The molecule has 0 unspecified atom stereocenters. The van der Waals surface area contributed by atoms with Gasteiger partial charge in [0, 0.05) is 30.7 Å². The molecule has 158 valence electrons. The van der Waals surface area contributed by atoms with Crippen LogP contribution in [0.5, 0.6) is 0 Å². The van der Waals surface area contributed by atoms with Crippen LogP contribution in [-0.4, -0.2) is 36.5 Å². The van der Waals surface area contributed by atoms with Crippen LogP contribution in [0.25, 0.3) is 11.1 Å². The predicted molar refractivity (Wildman–Crippen MR) is 116 cm³/mol. The van der Waals surface area contributed by atoms with E-state index in [9.17, 15) is 13.6 Å². The van der Waals surface area contributed by atoms with Gasteiger partial charge < -0.3 is 10.4 Å². The summed E-state index contributed by atoms with van der Waals surface area (Å²) in [5.74, 6) is -1.69. The summed E-state index contributed by atoms with van der Waals surface area (Å²) >= 11 is 1.53. The number of aryl methyl sites for hydroxylation is 2. The van der Waals surface area contributed by atoms with Gasteiger partial charge in [-0.05, 0) is 49.2 Å². The molecule has 1 saturated heterocycles. The molecule has 1 fully saturated rings. The van der Waals surface area contributed by atoms with Crippen molar-refractivity contribution in [3.8, 4) is 11.1 Å². The minimum absolute atomic E-state index is 0. The summed E-state index contributed by atoms with van der Waals surface area (Å²) in [7, 11) is 1.78. The van der Waals surface area contributed by atoms with Crippen molar-refractivity contribution in [1.29, 1.82) is 0 Å². The van der Waals surface area contributed by atoms with E-state index in [0.717, 1.165) is 33.0 Å². The van der Waals surface area contributed by atoms with Gasteiger partial charge in [-0.3, -0.25) is 9.69 Å². The van der Waals surface area contributed by atoms with Crippen molar-refractivity contribution in [3.05, 3.63) is 64.7 Å². The van der Waals surface area contributed by atoms with E-state index >= 15 is 0 Å². The highest BCUT2D eigenvalue weighted by Gasteiger charge is 2.35. The van der Waals surface area contributed by atoms with Gasteiger partial charge in [-0.15, -0.1) is 11.3 Å². The first-order chi connectivity index (χ1) is 13.8. The van der Waals surface area contributed by atoms with Gasteiger partial charge in [0.05, 0.1) is 11.6 Å². The quantitative estimate of drug-likeness (QED) is 0.628. The molecule has 1 aliphatic heterocycles. The lowest BCUT2D eigenvalue weighted by molar-refractivity contribution is -0.122. The van der Waals surface area contributed by atoms with Gasteiger partial charge in [-0.2, -0.15) is 0 Å². The van der Waals surface area contributed by atoms with Crippen LogP contribution in [0.2, 0.25) is 0 Å². The number of carbonyl (C=O) groups is 1. The van der Waals surface area contributed by atoms with Crippen LogP contribution in [0.15, 0.2) is 42.5 Å². The van der Waals surface area contributed by atoms with Gasteiger partial charge in [0.2, 0.25) is 5.91 Å². The van der Waals surface area contributed by atoms with Gasteiger partial charge in [-0.25, -0.2) is 13.8 Å². The van der Waals surface area contributed by atoms with Crippen LogP contribution in [-0.2, 0) is 4.79 Å². The van der Waals surface area contributed by atoms with Crippen molar-refractivity contribution in [2.45, 2.75) is 13.8 Å². The minimum Gasteiger partial charge on any atom is -0.412 e. The summed E-state index contributed by atoms with van der Waals surface area (Å²) in [6.45, 7) is 5.25. The van der Waals surface area contributed by atoms with E-state index in [1.807, 2.05) is 38.1 Å². The Balaban J connectivity index is 0.00000256. The average molecular weight is 432 g/mol. The zero-order valence-corrected chi connectivity index (χ0v) is 17.8. The zero-order valence-electron chi connectivity index (χ0n) is 16.9. The van der Waals surface area contributed by atoms with Crippen LogP contribution in [0.3, 0.4) is 0 Å². The molecular formula is C22H23F2N3O2S. The lowest BCUT2D eigenvalue weighted by Gasteiger charge is -2.41. The first kappa shape index (κ1) is 21.9. The number of hydrogen-bond acceptors (Lipinski definition) is 4. The number of amides is 1. The Morgan fingerprint density at radius 2 is 1.70 bits per heavy atom. The zero-order chi connectivity index (χ0) is 20.7. The first-order valence-corrected chi connectivity index (χ1v) is 10.2. The molecule has 0 bridgehead atoms. The van der Waals surface area contributed by atoms with Crippen LogP contribution >= 0.6 is 11.3 Å². The molecule has 3 aromatic rings. The molecule has 2 aromatic carbocycles. The Morgan fingerprint density at radius 3 is 2.27 bits per heavy atom. The third kappa shape index (κ3) is 4.06. The summed E-state index contributed by atoms with van der Waals surface area (Å²) in [4.78, 5) is 22.1. The molecular weight excluding hydrogens is 408 g/mol. The maximum absolute atomic E-state index is 13.4. The van der Waals surface area contributed by atoms with Crippen molar-refractivity contribution in [2.75, 3.05) is 29.9 Å². The standard InChI is InChI=1S/C22H21F2N3OS.H2O/c1-13-14(2)29-22(25-13)26(3)21(28)17-11-27(12-17)18-7-4-15(5-8-18)16-6-9-19(23)20(24)10-16;/h4-10,17H,11-12H2,1-3H3;1H2. The van der Waals surface area contributed by atoms with E-state index in [2.05, 4.69) is 9.88 Å². The fourth-order valence-corrected chi connectivity index (χ4v) is 4.23. The molecule has 0 saturated carbocycles. The molecule has 1 amide bonds. The normalized spacial score (nSPS) is 13.6. The average Bonchev–Trinajstić information content (AvgIpc) is 3.01. The third-order valence-corrected chi connectivity index (χ3v) is 6.50. The maximum atomic E-state index is 13.4. The van der Waals surface area contributed by atoms with Crippen molar-refractivity contribution in [3.63, 3.8) is 0 Å². The Labute approximate surface area is 177 Å². The van der Waals surface area contributed by atoms with Crippen LogP contribution in [0.1, 0.15) is 10.6 Å². The highest BCUT2D eigenvalue weighted by Crippen LogP contribution is 2.31. The van der Waals surface area contributed by atoms with E-state index in [1.165, 1.54) is 17.4 Å². The lowest BCUT2D eigenvalue weighted by Crippen LogP contribution is -2.54. The summed E-state index contributed by atoms with van der Waals surface area (Å²) in [5.41, 5.74) is 3.41. The smallest absolute Gasteiger partial charge is 0.235 e. The molecule has 5 nitrogen and oxygen atoms in total. The molecule has 0 spiro atoms. The number of aromatic nitrogens is 1. The van der Waals surface area contributed by atoms with Crippen LogP contribution < -0.4 is 9.80 Å². The van der Waals surface area contributed by atoms with Gasteiger partial charge in [0.15, 0.2) is 16.8 Å². The number of thiazole rings is 1. The summed E-state index contributed by atoms with van der Waals surface area (Å²) < 4.78 is 26.6. The number of carbonyl (C=O) groups excluding carboxylic acids is 1. The topological polar surface area (TPSA) is 67.9 Å². The van der Waals surface area contributed by atoms with Crippen molar-refractivity contribution < 1.29 is 19.1 Å². The molecule has 0 atom stereocenters. The fourth-order valence-electron chi connectivity index (χ4n) is 3.35. The van der Waals surface area contributed by atoms with E-state index in [0.29, 0.717) is 18.7 Å². The van der Waals surface area contributed by atoms with Crippen LogP contribution in [0, 0.1) is 31.4 Å². The number of nitrogens with zero attached hydrogens (tertiary/aromatic N) is 3. The van der Waals surface area contributed by atoms with Gasteiger partial charge in [0.1, 0.15) is 0 Å². The molecule has 30 heavy (non-hydrogen) atoms. The third-order valence-electron chi connectivity index (χ3n) is 5.35. The Hall–Kier alpha value is -2.84. The molecule has 1 aliphatic rings. The number of halogens is 2. The van der Waals surface area contributed by atoms with Crippen molar-refractivity contribution in [2.24, 2.45) is 5.92 Å². The summed E-state index contributed by atoms with van der Waals surface area (Å²) in [6, 6.07) is 11.5. The molecule has 1 aromatic heterocycles. The lowest BCUT2D eigenvalue weighted by atomic mass is 9.97. The summed E-state index contributed by atoms with van der Waals surface area (Å²) in [5, 5.41) is 0.735. The van der Waals surface area contributed by atoms with Gasteiger partial charge in [0.25, 0.3) is 0 Å². The Bertz CT molecular complexity index is 1040. The van der Waals surface area contributed by atoms with E-state index < -0.39 is 11.6 Å². The largest absolute Gasteiger partial charge is 0.412 e. The molecule has 4 rings (SSSR count). The molecule has 0 aliphatic carbocycles. The first-order valence-electron chi connectivity index (χ1n) is 9.35. The number of rotatable bonds is 4. The SMILES string of the molecule is Cc1nc(N(C)C(=O)C2CN(c3ccc(-c4ccc(F)c(F)c4)cc3)C2)sc1C.O. The second-order valence-electron chi connectivity index (χ2n) is 7.31. The Morgan fingerprint density at radius 1 is 1.07 bits per heavy atom. The van der Waals surface area contributed by atoms with Gasteiger partial charge in [-0.1, -0.05) is 18.2 Å². The summed E-state index contributed by atoms with van der Waals surface area (Å²) in [6.07, 6.45) is 0. The number of hydrogen-bond donors (Lipinski definition) is 0. The molecule has 0 radical (unpaired) electrons. The minimum atomic E-state index is -0.856. The highest BCUT2D eigenvalue weighted by molar-refractivity contribution is 7.15. The number of anilines is 2. The highest BCUT2D eigenvalue weighted by atomic mass is 32.1. The van der Waals surface area contributed by atoms with E-state index in [1.54, 1.807) is 18.0 Å². The van der Waals surface area contributed by atoms with Crippen LogP contribution in [0.4, 0.5) is 19.6 Å². The second-order valence-corrected chi connectivity index (χ2v) is 8.49. The Kier molecular flexibility index (Phi) is 6.19.